The van der Waals surface area contributed by atoms with Crippen molar-refractivity contribution in [3.63, 3.8) is 0 Å². The van der Waals surface area contributed by atoms with E-state index in [4.69, 9.17) is 14.9 Å². The van der Waals surface area contributed by atoms with Crippen LogP contribution in [0.15, 0.2) is 0 Å². The summed E-state index contributed by atoms with van der Waals surface area (Å²) in [5.41, 5.74) is 0. The predicted octanol–water partition coefficient (Wildman–Crippen LogP) is -1.82. The monoisotopic (exact) mass is 242 g/mol. The molecule has 5 atom stereocenters. The molecule has 0 amide bonds. The molecule has 4 N–H and O–H groups in total. The minimum absolute atomic E-state index is 0.436. The van der Waals surface area contributed by atoms with Crippen LogP contribution in [0, 0.1) is 0 Å². The Morgan fingerprint density at radius 2 is 1.75 bits per heavy atom. The van der Waals surface area contributed by atoms with E-state index < -0.39 is 36.0 Å². The summed E-state index contributed by atoms with van der Waals surface area (Å²) in [6, 6.07) is 0. The number of hydrogen-bond acceptors (Lipinski definition) is 5. The zero-order valence-corrected chi connectivity index (χ0v) is 7.75. The van der Waals surface area contributed by atoms with Gasteiger partial charge in [-0.05, 0) is 0 Å². The van der Waals surface area contributed by atoms with Crippen LogP contribution in [0.2, 0.25) is 0 Å². The third kappa shape index (κ3) is 1.78. The smallest absolute Gasteiger partial charge is 0.170 e. The first-order valence-corrected chi connectivity index (χ1v) is 4.44. The van der Waals surface area contributed by atoms with E-state index in [0.717, 1.165) is 0 Å². The van der Waals surface area contributed by atoms with Crippen LogP contribution >= 0.6 is 15.9 Å². The number of rotatable bonds is 1. The van der Waals surface area contributed by atoms with E-state index in [1.807, 2.05) is 0 Å². The summed E-state index contributed by atoms with van der Waals surface area (Å²) in [5.74, 6) is 0. The van der Waals surface area contributed by atoms with Crippen LogP contribution in [0.5, 0.6) is 0 Å². The van der Waals surface area contributed by atoms with Crippen LogP contribution in [0.25, 0.3) is 0 Å². The maximum atomic E-state index is 9.27. The Hall–Kier alpha value is 0.280. The van der Waals surface area contributed by atoms with Crippen molar-refractivity contribution in [3.05, 3.63) is 0 Å². The van der Waals surface area contributed by atoms with E-state index in [1.165, 1.54) is 0 Å². The lowest BCUT2D eigenvalue weighted by Crippen LogP contribution is -2.56. The van der Waals surface area contributed by atoms with Gasteiger partial charge in [-0.15, -0.1) is 0 Å². The summed E-state index contributed by atoms with van der Waals surface area (Å²) in [4.78, 5) is -0.727. The van der Waals surface area contributed by atoms with Gasteiger partial charge < -0.3 is 25.2 Å². The molecule has 1 aliphatic rings. The Balaban J connectivity index is 2.63. The molecule has 0 aromatic rings. The van der Waals surface area contributed by atoms with Gasteiger partial charge in [0.1, 0.15) is 12.2 Å². The van der Waals surface area contributed by atoms with Crippen LogP contribution in [0.4, 0.5) is 0 Å². The van der Waals surface area contributed by atoms with Crippen LogP contribution in [-0.4, -0.2) is 56.5 Å². The average molecular weight is 243 g/mol. The molecule has 5 nitrogen and oxygen atoms in total. The van der Waals surface area contributed by atoms with Crippen molar-refractivity contribution in [3.8, 4) is 0 Å². The summed E-state index contributed by atoms with van der Waals surface area (Å²) in [6.07, 6.45) is -4.45. The molecule has 0 aromatic heterocycles. The highest BCUT2D eigenvalue weighted by Gasteiger charge is 2.42. The molecular weight excluding hydrogens is 232 g/mol. The van der Waals surface area contributed by atoms with Gasteiger partial charge in [-0.1, -0.05) is 15.9 Å². The Labute approximate surface area is 77.7 Å². The van der Waals surface area contributed by atoms with Gasteiger partial charge in [-0.2, -0.15) is 0 Å². The first kappa shape index (κ1) is 10.4. The minimum Gasteiger partial charge on any atom is -0.394 e. The van der Waals surface area contributed by atoms with Crippen molar-refractivity contribution in [1.29, 1.82) is 0 Å². The van der Waals surface area contributed by atoms with Crippen molar-refractivity contribution < 1.29 is 25.2 Å². The molecule has 6 heteroatoms. The molecule has 0 aliphatic carbocycles. The van der Waals surface area contributed by atoms with Crippen molar-refractivity contribution in [2.75, 3.05) is 6.61 Å². The first-order chi connectivity index (χ1) is 5.57. The number of ether oxygens (including phenoxy) is 1. The molecule has 1 fully saturated rings. The van der Waals surface area contributed by atoms with E-state index in [1.54, 1.807) is 0 Å². The topological polar surface area (TPSA) is 90.2 Å². The molecule has 72 valence electrons. The molecule has 1 saturated heterocycles. The van der Waals surface area contributed by atoms with Gasteiger partial charge in [0.15, 0.2) is 6.29 Å². The molecule has 0 spiro atoms. The van der Waals surface area contributed by atoms with Crippen molar-refractivity contribution in [1.82, 2.24) is 0 Å². The molecule has 12 heavy (non-hydrogen) atoms. The summed E-state index contributed by atoms with van der Waals surface area (Å²) >= 11 is 2.95. The molecule has 0 aromatic carbocycles. The zero-order chi connectivity index (χ0) is 9.30. The molecule has 1 rings (SSSR count). The third-order valence-corrected chi connectivity index (χ3v) is 2.82. The molecule has 0 radical (unpaired) electrons. The highest BCUT2D eigenvalue weighted by molar-refractivity contribution is 9.09. The van der Waals surface area contributed by atoms with E-state index in [9.17, 15) is 10.2 Å². The second kappa shape index (κ2) is 3.99. The SMILES string of the molecule is OC[C@H]1O[C@@H](O)[C@H](Br)[C@@H](O)[C@H]1O. The number of aliphatic hydroxyl groups excluding tert-OH is 4. The fourth-order valence-corrected chi connectivity index (χ4v) is 1.50. The molecule has 0 unspecified atom stereocenters. The highest BCUT2D eigenvalue weighted by atomic mass is 79.9. The van der Waals surface area contributed by atoms with Crippen molar-refractivity contribution in [2.45, 2.75) is 29.4 Å². The Morgan fingerprint density at radius 3 is 2.25 bits per heavy atom. The summed E-state index contributed by atoms with van der Waals surface area (Å²) in [5, 5.41) is 36.3. The van der Waals surface area contributed by atoms with Gasteiger partial charge in [0, 0.05) is 0 Å². The predicted molar refractivity (Wildman–Crippen MR) is 42.7 cm³/mol. The fraction of sp³-hybridized carbons (Fsp3) is 1.00. The second-order valence-electron chi connectivity index (χ2n) is 2.67. The number of halogens is 1. The molecule has 1 aliphatic heterocycles. The Kier molecular flexibility index (Phi) is 3.45. The van der Waals surface area contributed by atoms with Crippen LogP contribution in [0.1, 0.15) is 0 Å². The molecule has 0 bridgehead atoms. The maximum absolute atomic E-state index is 9.27. The number of hydrogen-bond donors (Lipinski definition) is 4. The van der Waals surface area contributed by atoms with Crippen molar-refractivity contribution >= 4 is 15.9 Å². The molecule has 0 saturated carbocycles. The van der Waals surface area contributed by atoms with E-state index >= 15 is 0 Å². The van der Waals surface area contributed by atoms with Gasteiger partial charge in [0.2, 0.25) is 0 Å². The maximum Gasteiger partial charge on any atom is 0.170 e. The molecule has 1 heterocycles. The van der Waals surface area contributed by atoms with Gasteiger partial charge in [-0.25, -0.2) is 0 Å². The van der Waals surface area contributed by atoms with E-state index in [0.29, 0.717) is 0 Å². The zero-order valence-electron chi connectivity index (χ0n) is 6.17. The summed E-state index contributed by atoms with van der Waals surface area (Å²) < 4.78 is 4.78. The second-order valence-corrected chi connectivity index (χ2v) is 3.73. The average Bonchev–Trinajstić information content (AvgIpc) is 2.08. The van der Waals surface area contributed by atoms with Gasteiger partial charge in [0.25, 0.3) is 0 Å². The number of aliphatic hydroxyl groups is 4. The Bertz CT molecular complexity index is 150. The summed E-state index contributed by atoms with van der Waals surface area (Å²) in [6.45, 7) is -0.436. The van der Waals surface area contributed by atoms with E-state index in [-0.39, 0.29) is 0 Å². The number of alkyl halides is 1. The van der Waals surface area contributed by atoms with Gasteiger partial charge in [0.05, 0.1) is 17.5 Å². The standard InChI is InChI=1S/C6H11BrO5/c7-3-5(10)4(9)2(1-8)12-6(3)11/h2-6,8-11H,1H2/t2-,3-,4+,5-,6-/m1/s1. The van der Waals surface area contributed by atoms with Gasteiger partial charge >= 0.3 is 0 Å². The van der Waals surface area contributed by atoms with E-state index in [2.05, 4.69) is 15.9 Å². The lowest BCUT2D eigenvalue weighted by atomic mass is 10.0. The lowest BCUT2D eigenvalue weighted by molar-refractivity contribution is -0.233. The quantitative estimate of drug-likeness (QED) is 0.407. The van der Waals surface area contributed by atoms with Crippen LogP contribution in [-0.2, 0) is 4.74 Å². The summed E-state index contributed by atoms with van der Waals surface area (Å²) in [7, 11) is 0. The minimum atomic E-state index is -1.21. The van der Waals surface area contributed by atoms with Crippen molar-refractivity contribution in [2.24, 2.45) is 0 Å². The molecular formula is C6H11BrO5. The highest BCUT2D eigenvalue weighted by Crippen LogP contribution is 2.24. The normalized spacial score (nSPS) is 49.2. The third-order valence-electron chi connectivity index (χ3n) is 1.82. The first-order valence-electron chi connectivity index (χ1n) is 3.52. The fourth-order valence-electron chi connectivity index (χ4n) is 1.06. The van der Waals surface area contributed by atoms with Crippen LogP contribution < -0.4 is 0 Å². The van der Waals surface area contributed by atoms with Gasteiger partial charge in [-0.3, -0.25) is 0 Å². The largest absolute Gasteiger partial charge is 0.394 e. The Morgan fingerprint density at radius 1 is 1.17 bits per heavy atom. The lowest BCUT2D eigenvalue weighted by Gasteiger charge is -2.37. The van der Waals surface area contributed by atoms with Crippen LogP contribution in [0.3, 0.4) is 0 Å².